The number of nitrogens with zero attached hydrogens (tertiary/aromatic N) is 5. The highest BCUT2D eigenvalue weighted by Crippen LogP contribution is 2.27. The molecule has 0 spiro atoms. The molecule has 134 valence electrons. The topological polar surface area (TPSA) is 86.4 Å². The fourth-order valence-electron chi connectivity index (χ4n) is 3.43. The van der Waals surface area contributed by atoms with Crippen molar-refractivity contribution in [3.8, 4) is 5.88 Å². The van der Waals surface area contributed by atoms with E-state index in [0.717, 1.165) is 12.2 Å². The Hall–Kier alpha value is -2.39. The van der Waals surface area contributed by atoms with E-state index in [4.69, 9.17) is 9.47 Å². The molecule has 0 saturated carbocycles. The average molecular weight is 346 g/mol. The SMILES string of the molecule is CN1CCO[C@@H](CNC(=O)c2cc3n(n2)CCO3)[C@@H]1c1ccnn1C. The molecule has 2 aromatic heterocycles. The average Bonchev–Trinajstić information content (AvgIpc) is 3.28. The summed E-state index contributed by atoms with van der Waals surface area (Å²) in [6.07, 6.45) is 1.63. The number of hydrogen-bond donors (Lipinski definition) is 1. The lowest BCUT2D eigenvalue weighted by atomic mass is 10.0. The van der Waals surface area contributed by atoms with Crippen LogP contribution >= 0.6 is 0 Å². The van der Waals surface area contributed by atoms with E-state index in [1.54, 1.807) is 16.9 Å². The van der Waals surface area contributed by atoms with Gasteiger partial charge in [-0.3, -0.25) is 14.4 Å². The van der Waals surface area contributed by atoms with Crippen molar-refractivity contribution >= 4 is 5.91 Å². The van der Waals surface area contributed by atoms with Gasteiger partial charge >= 0.3 is 0 Å². The summed E-state index contributed by atoms with van der Waals surface area (Å²) in [6.45, 7) is 3.17. The van der Waals surface area contributed by atoms with Gasteiger partial charge in [-0.25, -0.2) is 4.68 Å². The molecular weight excluding hydrogens is 324 g/mol. The molecule has 4 heterocycles. The second-order valence-electron chi connectivity index (χ2n) is 6.36. The molecule has 2 aromatic rings. The van der Waals surface area contributed by atoms with E-state index in [-0.39, 0.29) is 18.1 Å². The van der Waals surface area contributed by atoms with E-state index < -0.39 is 0 Å². The molecule has 1 amide bonds. The van der Waals surface area contributed by atoms with Crippen molar-refractivity contribution in [3.63, 3.8) is 0 Å². The highest BCUT2D eigenvalue weighted by Gasteiger charge is 2.33. The number of nitrogens with one attached hydrogen (secondary N) is 1. The maximum absolute atomic E-state index is 12.4. The van der Waals surface area contributed by atoms with Crippen LogP contribution in [0.3, 0.4) is 0 Å². The van der Waals surface area contributed by atoms with Crippen molar-refractivity contribution in [2.45, 2.75) is 18.7 Å². The minimum atomic E-state index is -0.217. The summed E-state index contributed by atoms with van der Waals surface area (Å²) in [4.78, 5) is 14.6. The molecule has 9 heteroatoms. The number of rotatable bonds is 4. The van der Waals surface area contributed by atoms with Crippen LogP contribution in [-0.2, 0) is 18.3 Å². The first-order valence-electron chi connectivity index (χ1n) is 8.42. The predicted octanol–water partition coefficient (Wildman–Crippen LogP) is -0.189. The summed E-state index contributed by atoms with van der Waals surface area (Å²) in [5, 5.41) is 11.5. The summed E-state index contributed by atoms with van der Waals surface area (Å²) in [5.74, 6) is 0.428. The minimum absolute atomic E-state index is 0.0388. The van der Waals surface area contributed by atoms with Gasteiger partial charge in [0.2, 0.25) is 5.88 Å². The maximum atomic E-state index is 12.4. The first kappa shape index (κ1) is 16.1. The Bertz CT molecular complexity index is 748. The van der Waals surface area contributed by atoms with Gasteiger partial charge in [0, 0.05) is 32.4 Å². The smallest absolute Gasteiger partial charge is 0.272 e. The first-order valence-corrected chi connectivity index (χ1v) is 8.42. The summed E-state index contributed by atoms with van der Waals surface area (Å²) < 4.78 is 14.9. The van der Waals surface area contributed by atoms with Gasteiger partial charge in [0.15, 0.2) is 5.69 Å². The molecule has 0 radical (unpaired) electrons. The fourth-order valence-corrected chi connectivity index (χ4v) is 3.43. The van der Waals surface area contributed by atoms with Gasteiger partial charge in [-0.2, -0.15) is 10.2 Å². The van der Waals surface area contributed by atoms with E-state index in [9.17, 15) is 4.79 Å². The number of hydrogen-bond acceptors (Lipinski definition) is 6. The maximum Gasteiger partial charge on any atom is 0.272 e. The number of fused-ring (bicyclic) bond motifs is 1. The quantitative estimate of drug-likeness (QED) is 0.826. The van der Waals surface area contributed by atoms with Crippen LogP contribution in [-0.4, -0.2) is 69.8 Å². The zero-order valence-electron chi connectivity index (χ0n) is 14.4. The van der Waals surface area contributed by atoms with E-state index in [2.05, 4.69) is 27.5 Å². The van der Waals surface area contributed by atoms with Crippen molar-refractivity contribution in [3.05, 3.63) is 29.7 Å². The van der Waals surface area contributed by atoms with Crippen molar-refractivity contribution < 1.29 is 14.3 Å². The lowest BCUT2D eigenvalue weighted by molar-refractivity contribution is -0.0629. The first-order chi connectivity index (χ1) is 12.1. The molecule has 1 N–H and O–H groups in total. The van der Waals surface area contributed by atoms with Gasteiger partial charge in [0.1, 0.15) is 6.61 Å². The molecule has 1 fully saturated rings. The van der Waals surface area contributed by atoms with Gasteiger partial charge in [0.25, 0.3) is 5.91 Å². The molecule has 2 atom stereocenters. The molecule has 25 heavy (non-hydrogen) atoms. The highest BCUT2D eigenvalue weighted by molar-refractivity contribution is 5.92. The largest absolute Gasteiger partial charge is 0.476 e. The number of ether oxygens (including phenoxy) is 2. The third-order valence-electron chi connectivity index (χ3n) is 4.76. The second kappa shape index (κ2) is 6.49. The predicted molar refractivity (Wildman–Crippen MR) is 88.4 cm³/mol. The third-order valence-corrected chi connectivity index (χ3v) is 4.76. The Morgan fingerprint density at radius 1 is 1.36 bits per heavy atom. The van der Waals surface area contributed by atoms with Crippen LogP contribution < -0.4 is 10.1 Å². The monoisotopic (exact) mass is 346 g/mol. The van der Waals surface area contributed by atoms with Crippen LogP contribution in [0.15, 0.2) is 18.3 Å². The van der Waals surface area contributed by atoms with Crippen molar-refractivity contribution in [2.24, 2.45) is 7.05 Å². The van der Waals surface area contributed by atoms with E-state index in [1.165, 1.54) is 0 Å². The lowest BCUT2D eigenvalue weighted by Gasteiger charge is -2.39. The Morgan fingerprint density at radius 2 is 2.24 bits per heavy atom. The van der Waals surface area contributed by atoms with Crippen molar-refractivity contribution in [1.82, 2.24) is 29.8 Å². The van der Waals surface area contributed by atoms with Gasteiger partial charge in [-0.05, 0) is 13.1 Å². The summed E-state index contributed by atoms with van der Waals surface area (Å²) in [5.41, 5.74) is 1.44. The van der Waals surface area contributed by atoms with Crippen molar-refractivity contribution in [1.29, 1.82) is 0 Å². The summed E-state index contributed by atoms with van der Waals surface area (Å²) >= 11 is 0. The fraction of sp³-hybridized carbons (Fsp3) is 0.562. The molecule has 0 bridgehead atoms. The number of carbonyl (C=O) groups is 1. The number of amides is 1. The molecular formula is C16H22N6O3. The molecule has 4 rings (SSSR count). The van der Waals surface area contributed by atoms with E-state index in [1.807, 2.05) is 17.8 Å². The van der Waals surface area contributed by atoms with Crippen LogP contribution in [0.1, 0.15) is 22.2 Å². The Morgan fingerprint density at radius 3 is 3.00 bits per heavy atom. The molecule has 0 unspecified atom stereocenters. The Balaban J connectivity index is 1.44. The zero-order chi connectivity index (χ0) is 17.4. The van der Waals surface area contributed by atoms with Gasteiger partial charge < -0.3 is 14.8 Å². The van der Waals surface area contributed by atoms with Crippen LogP contribution in [0.2, 0.25) is 0 Å². The van der Waals surface area contributed by atoms with Crippen LogP contribution in [0.25, 0.3) is 0 Å². The molecule has 2 aliphatic heterocycles. The molecule has 2 aliphatic rings. The number of carbonyl (C=O) groups excluding carboxylic acids is 1. The van der Waals surface area contributed by atoms with E-state index in [0.29, 0.717) is 37.9 Å². The molecule has 0 aromatic carbocycles. The van der Waals surface area contributed by atoms with Gasteiger partial charge in [0.05, 0.1) is 31.0 Å². The lowest BCUT2D eigenvalue weighted by Crippen LogP contribution is -2.48. The minimum Gasteiger partial charge on any atom is -0.476 e. The van der Waals surface area contributed by atoms with Gasteiger partial charge in [-0.15, -0.1) is 0 Å². The van der Waals surface area contributed by atoms with Crippen LogP contribution in [0, 0.1) is 0 Å². The molecule has 9 nitrogen and oxygen atoms in total. The van der Waals surface area contributed by atoms with E-state index >= 15 is 0 Å². The normalized spacial score (nSPS) is 23.3. The molecule has 0 aliphatic carbocycles. The van der Waals surface area contributed by atoms with Gasteiger partial charge in [-0.1, -0.05) is 0 Å². The number of morpholine rings is 1. The highest BCUT2D eigenvalue weighted by atomic mass is 16.5. The number of aromatic nitrogens is 4. The van der Waals surface area contributed by atoms with Crippen LogP contribution in [0.4, 0.5) is 0 Å². The third kappa shape index (κ3) is 3.00. The molecule has 1 saturated heterocycles. The zero-order valence-corrected chi connectivity index (χ0v) is 14.4. The standard InChI is InChI=1S/C16H22N6O3/c1-20-5-7-24-13(15(20)12-3-4-18-21(12)2)10-17-16(23)11-9-14-22(19-11)6-8-25-14/h3-4,9,13,15H,5-8,10H2,1-2H3,(H,17,23)/t13-,15-/m0/s1. The van der Waals surface area contributed by atoms with Crippen LogP contribution in [0.5, 0.6) is 5.88 Å². The van der Waals surface area contributed by atoms with Crippen molar-refractivity contribution in [2.75, 3.05) is 33.4 Å². The number of aryl methyl sites for hydroxylation is 1. The Labute approximate surface area is 145 Å². The summed E-state index contributed by atoms with van der Waals surface area (Å²) in [6, 6.07) is 3.70. The number of likely N-dealkylation sites (N-methyl/N-ethyl adjacent to an activating group) is 1. The summed E-state index contributed by atoms with van der Waals surface area (Å²) in [7, 11) is 3.98. The second-order valence-corrected chi connectivity index (χ2v) is 6.36. The Kier molecular flexibility index (Phi) is 4.18.